The number of hydrogen-bond acceptors (Lipinski definition) is 4. The minimum absolute atomic E-state index is 0.0231. The van der Waals surface area contributed by atoms with Gasteiger partial charge in [-0.3, -0.25) is 4.79 Å². The quantitative estimate of drug-likeness (QED) is 0.594. The Morgan fingerprint density at radius 1 is 1.35 bits per heavy atom. The largest absolute Gasteiger partial charge is 0.339 e. The van der Waals surface area contributed by atoms with Crippen LogP contribution in [-0.2, 0) is 6.42 Å². The number of hydrazine groups is 1. The number of anilines is 1. The summed E-state index contributed by atoms with van der Waals surface area (Å²) in [6.45, 7) is 6.28. The van der Waals surface area contributed by atoms with Crippen molar-refractivity contribution in [3.8, 4) is 0 Å². The van der Waals surface area contributed by atoms with E-state index in [-0.39, 0.29) is 11.9 Å². The Morgan fingerprint density at radius 2 is 2.00 bits per heavy atom. The zero-order chi connectivity index (χ0) is 15.1. The fraction of sp³-hybridized carbons (Fsp3) is 0.600. The van der Waals surface area contributed by atoms with Crippen molar-refractivity contribution in [3.63, 3.8) is 0 Å². The zero-order valence-electron chi connectivity index (χ0n) is 12.9. The highest BCUT2D eigenvalue weighted by Crippen LogP contribution is 2.16. The number of aromatic nitrogens is 1. The van der Waals surface area contributed by atoms with Gasteiger partial charge in [0.05, 0.1) is 0 Å². The van der Waals surface area contributed by atoms with Gasteiger partial charge in [-0.25, -0.2) is 10.8 Å². The topological polar surface area (TPSA) is 71.2 Å². The Kier molecular flexibility index (Phi) is 6.45. The average molecular weight is 278 g/mol. The molecule has 0 bridgehead atoms. The molecule has 1 heterocycles. The highest BCUT2D eigenvalue weighted by Gasteiger charge is 2.19. The van der Waals surface area contributed by atoms with Crippen molar-refractivity contribution in [1.82, 2.24) is 9.88 Å². The van der Waals surface area contributed by atoms with E-state index in [1.165, 1.54) is 0 Å². The number of rotatable bonds is 7. The summed E-state index contributed by atoms with van der Waals surface area (Å²) in [5.74, 6) is 6.00. The highest BCUT2D eigenvalue weighted by atomic mass is 16.2. The van der Waals surface area contributed by atoms with E-state index < -0.39 is 0 Å². The van der Waals surface area contributed by atoms with Crippen molar-refractivity contribution in [1.29, 1.82) is 0 Å². The predicted octanol–water partition coefficient (Wildman–Crippen LogP) is 2.58. The molecule has 0 saturated heterocycles. The third kappa shape index (κ3) is 3.93. The molecule has 1 aromatic rings. The monoisotopic (exact) mass is 278 g/mol. The first-order valence-corrected chi connectivity index (χ1v) is 7.32. The third-order valence-corrected chi connectivity index (χ3v) is 3.59. The van der Waals surface area contributed by atoms with Crippen LogP contribution in [0, 0.1) is 0 Å². The van der Waals surface area contributed by atoms with Crippen molar-refractivity contribution >= 4 is 11.7 Å². The first kappa shape index (κ1) is 16.4. The molecule has 5 nitrogen and oxygen atoms in total. The van der Waals surface area contributed by atoms with E-state index in [1.54, 1.807) is 6.07 Å². The molecule has 0 unspecified atom stereocenters. The first-order valence-electron chi connectivity index (χ1n) is 7.32. The van der Waals surface area contributed by atoms with Gasteiger partial charge in [0.25, 0.3) is 5.91 Å². The Hall–Kier alpha value is -1.62. The molecule has 0 aliphatic carbocycles. The number of nitrogens with zero attached hydrogens (tertiary/aromatic N) is 2. The lowest BCUT2D eigenvalue weighted by Gasteiger charge is -2.26. The summed E-state index contributed by atoms with van der Waals surface area (Å²) >= 11 is 0. The second-order valence-corrected chi connectivity index (χ2v) is 5.01. The van der Waals surface area contributed by atoms with Gasteiger partial charge in [-0.1, -0.05) is 27.2 Å². The first-order chi connectivity index (χ1) is 9.57. The maximum Gasteiger partial charge on any atom is 0.254 e. The summed E-state index contributed by atoms with van der Waals surface area (Å²) in [4.78, 5) is 18.7. The van der Waals surface area contributed by atoms with E-state index in [2.05, 4.69) is 31.2 Å². The van der Waals surface area contributed by atoms with Crippen LogP contribution in [-0.4, -0.2) is 28.9 Å². The Labute approximate surface area is 121 Å². The van der Waals surface area contributed by atoms with Gasteiger partial charge < -0.3 is 10.3 Å². The van der Waals surface area contributed by atoms with Gasteiger partial charge in [0.2, 0.25) is 0 Å². The molecular formula is C15H26N4O. The molecule has 0 aliphatic heterocycles. The lowest BCUT2D eigenvalue weighted by atomic mass is 10.1. The number of carbonyl (C=O) groups excluding carboxylic acids is 1. The van der Waals surface area contributed by atoms with Gasteiger partial charge in [-0.15, -0.1) is 0 Å². The van der Waals surface area contributed by atoms with Gasteiger partial charge >= 0.3 is 0 Å². The van der Waals surface area contributed by atoms with Crippen LogP contribution in [0.1, 0.15) is 56.1 Å². The van der Waals surface area contributed by atoms with Crippen LogP contribution in [0.15, 0.2) is 12.1 Å². The summed E-state index contributed by atoms with van der Waals surface area (Å²) in [7, 11) is 1.86. The molecule has 1 amide bonds. The van der Waals surface area contributed by atoms with E-state index in [4.69, 9.17) is 5.84 Å². The van der Waals surface area contributed by atoms with Crippen LogP contribution in [0.5, 0.6) is 0 Å². The molecule has 0 atom stereocenters. The average Bonchev–Trinajstić information content (AvgIpc) is 2.47. The molecule has 0 radical (unpaired) electrons. The molecule has 0 fully saturated rings. The van der Waals surface area contributed by atoms with Gasteiger partial charge in [0.15, 0.2) is 0 Å². The van der Waals surface area contributed by atoms with Crippen molar-refractivity contribution in [2.75, 3.05) is 12.5 Å². The lowest BCUT2D eigenvalue weighted by molar-refractivity contribution is 0.0723. The Balaban J connectivity index is 3.04. The smallest absolute Gasteiger partial charge is 0.254 e. The van der Waals surface area contributed by atoms with Crippen LogP contribution in [0.3, 0.4) is 0 Å². The SMILES string of the molecule is CCCc1cc(C(=O)N(C)C(CC)CC)cc(NN)n1. The van der Waals surface area contributed by atoms with E-state index in [0.29, 0.717) is 11.4 Å². The van der Waals surface area contributed by atoms with Crippen LogP contribution in [0.25, 0.3) is 0 Å². The number of pyridine rings is 1. The summed E-state index contributed by atoms with van der Waals surface area (Å²) < 4.78 is 0. The van der Waals surface area contributed by atoms with Crippen molar-refractivity contribution < 1.29 is 4.79 Å². The number of nitrogen functional groups attached to an aromatic ring is 1. The summed E-state index contributed by atoms with van der Waals surface area (Å²) in [5, 5.41) is 0. The molecule has 0 saturated carbocycles. The van der Waals surface area contributed by atoms with E-state index in [1.807, 2.05) is 18.0 Å². The minimum atomic E-state index is 0.0231. The number of nitrogens with one attached hydrogen (secondary N) is 1. The van der Waals surface area contributed by atoms with E-state index >= 15 is 0 Å². The minimum Gasteiger partial charge on any atom is -0.339 e. The van der Waals surface area contributed by atoms with Gasteiger partial charge in [-0.05, 0) is 31.4 Å². The van der Waals surface area contributed by atoms with Crippen LogP contribution in [0.4, 0.5) is 5.82 Å². The summed E-state index contributed by atoms with van der Waals surface area (Å²) in [5.41, 5.74) is 4.07. The molecule has 5 heteroatoms. The second kappa shape index (κ2) is 7.85. The van der Waals surface area contributed by atoms with Gasteiger partial charge in [-0.2, -0.15) is 0 Å². The normalized spacial score (nSPS) is 10.7. The fourth-order valence-corrected chi connectivity index (χ4v) is 2.38. The highest BCUT2D eigenvalue weighted by molar-refractivity contribution is 5.95. The van der Waals surface area contributed by atoms with Crippen LogP contribution < -0.4 is 11.3 Å². The number of carbonyl (C=O) groups is 1. The molecule has 1 aromatic heterocycles. The van der Waals surface area contributed by atoms with Crippen molar-refractivity contribution in [2.45, 2.75) is 52.5 Å². The molecule has 20 heavy (non-hydrogen) atoms. The molecule has 112 valence electrons. The molecular weight excluding hydrogens is 252 g/mol. The third-order valence-electron chi connectivity index (χ3n) is 3.59. The van der Waals surface area contributed by atoms with Gasteiger partial charge in [0, 0.05) is 24.3 Å². The summed E-state index contributed by atoms with van der Waals surface area (Å²) in [6.07, 6.45) is 3.73. The molecule has 0 aliphatic rings. The maximum atomic E-state index is 12.6. The molecule has 0 aromatic carbocycles. The van der Waals surface area contributed by atoms with E-state index in [9.17, 15) is 4.79 Å². The maximum absolute atomic E-state index is 12.6. The van der Waals surface area contributed by atoms with Crippen molar-refractivity contribution in [2.24, 2.45) is 5.84 Å². The Bertz CT molecular complexity index is 443. The number of aryl methyl sites for hydroxylation is 1. The number of nitrogens with two attached hydrogens (primary N) is 1. The lowest BCUT2D eigenvalue weighted by Crippen LogP contribution is -2.36. The standard InChI is InChI=1S/C15H26N4O/c1-5-8-12-9-11(10-14(17-12)18-16)15(20)19(4)13(6-2)7-3/h9-10,13H,5-8,16H2,1-4H3,(H,17,18). The fourth-order valence-electron chi connectivity index (χ4n) is 2.38. The van der Waals surface area contributed by atoms with Crippen molar-refractivity contribution in [3.05, 3.63) is 23.4 Å². The summed E-state index contributed by atoms with van der Waals surface area (Å²) in [6, 6.07) is 3.84. The molecule has 0 spiro atoms. The predicted molar refractivity (Wildman–Crippen MR) is 82.5 cm³/mol. The zero-order valence-corrected chi connectivity index (χ0v) is 12.9. The molecule has 3 N–H and O–H groups in total. The van der Waals surface area contributed by atoms with Crippen LogP contribution >= 0.6 is 0 Å². The van der Waals surface area contributed by atoms with E-state index in [0.717, 1.165) is 31.4 Å². The number of amides is 1. The number of hydrogen-bond donors (Lipinski definition) is 2. The Morgan fingerprint density at radius 3 is 2.50 bits per heavy atom. The van der Waals surface area contributed by atoms with Gasteiger partial charge in [0.1, 0.15) is 5.82 Å². The molecule has 1 rings (SSSR count). The second-order valence-electron chi connectivity index (χ2n) is 5.01. The van der Waals surface area contributed by atoms with Crippen LogP contribution in [0.2, 0.25) is 0 Å².